The normalized spacial score (nSPS) is 16.9. The number of aliphatic hydroxyl groups is 1. The van der Waals surface area contributed by atoms with Gasteiger partial charge in [-0.15, -0.1) is 10.2 Å². The van der Waals surface area contributed by atoms with E-state index in [9.17, 15) is 14.7 Å². The maximum absolute atomic E-state index is 13.2. The van der Waals surface area contributed by atoms with Gasteiger partial charge in [0.2, 0.25) is 5.13 Å². The van der Waals surface area contributed by atoms with Gasteiger partial charge in [-0.3, -0.25) is 14.5 Å². The minimum Gasteiger partial charge on any atom is -0.507 e. The third-order valence-corrected chi connectivity index (χ3v) is 8.28. The van der Waals surface area contributed by atoms with Gasteiger partial charge in [0.1, 0.15) is 23.3 Å². The average molecular weight is 574 g/mol. The van der Waals surface area contributed by atoms with Crippen LogP contribution >= 0.6 is 46.3 Å². The monoisotopic (exact) mass is 573 g/mol. The van der Waals surface area contributed by atoms with E-state index in [4.69, 9.17) is 32.4 Å². The van der Waals surface area contributed by atoms with Crippen molar-refractivity contribution >= 4 is 68.9 Å². The number of thioether (sulfide) groups is 1. The second-order valence-corrected chi connectivity index (χ2v) is 10.8. The number of carbonyl (C=O) groups excluding carboxylic acids is 2. The maximum Gasteiger partial charge on any atom is 0.302 e. The molecule has 1 unspecified atom stereocenters. The SMILES string of the molecule is COc1ccc(/C(O)=C2/C(=O)C(=O)N(c3nnc(SCc4ccc(Cl)cc4Cl)s3)C2c2ccco2)cc1. The number of amides is 1. The molecule has 3 heterocycles. The van der Waals surface area contributed by atoms with E-state index in [1.165, 1.54) is 30.0 Å². The fourth-order valence-electron chi connectivity index (χ4n) is 3.79. The molecule has 1 N–H and O–H groups in total. The molecule has 4 aromatic rings. The molecule has 5 rings (SSSR count). The number of aromatic nitrogens is 2. The van der Waals surface area contributed by atoms with Crippen LogP contribution in [0.4, 0.5) is 5.13 Å². The van der Waals surface area contributed by atoms with Crippen molar-refractivity contribution in [1.82, 2.24) is 10.2 Å². The van der Waals surface area contributed by atoms with E-state index in [0.717, 1.165) is 16.9 Å². The number of nitrogens with zero attached hydrogens (tertiary/aromatic N) is 3. The largest absolute Gasteiger partial charge is 0.507 e. The van der Waals surface area contributed by atoms with Crippen molar-refractivity contribution in [2.45, 2.75) is 16.1 Å². The summed E-state index contributed by atoms with van der Waals surface area (Å²) >= 11 is 14.7. The zero-order valence-corrected chi connectivity index (χ0v) is 22.2. The number of halogens is 2. The molecular formula is C25H17Cl2N3O5S2. The predicted octanol–water partition coefficient (Wildman–Crippen LogP) is 6.37. The number of ether oxygens (including phenoxy) is 1. The standard InChI is InChI=1S/C25H17Cl2N3O5S2/c1-34-16-8-5-13(6-9-16)21(31)19-20(18-3-2-10-35-18)30(23(33)22(19)32)24-28-29-25(37-24)36-12-14-4-7-15(26)11-17(14)27/h2-11,20,31H,12H2,1H3/b21-19-. The molecule has 0 bridgehead atoms. The highest BCUT2D eigenvalue weighted by Crippen LogP contribution is 2.44. The number of methoxy groups -OCH3 is 1. The maximum atomic E-state index is 13.2. The second kappa shape index (κ2) is 10.6. The summed E-state index contributed by atoms with van der Waals surface area (Å²) in [5.74, 6) is -0.647. The van der Waals surface area contributed by atoms with Crippen molar-refractivity contribution < 1.29 is 23.8 Å². The first kappa shape index (κ1) is 25.3. The van der Waals surface area contributed by atoms with Crippen molar-refractivity contribution in [2.24, 2.45) is 0 Å². The Balaban J connectivity index is 1.48. The van der Waals surface area contributed by atoms with Crippen molar-refractivity contribution in [2.75, 3.05) is 12.0 Å². The molecule has 1 aliphatic heterocycles. The molecule has 1 aliphatic rings. The van der Waals surface area contributed by atoms with E-state index in [2.05, 4.69) is 10.2 Å². The zero-order chi connectivity index (χ0) is 26.1. The van der Waals surface area contributed by atoms with Crippen LogP contribution in [0.15, 0.2) is 75.2 Å². The molecule has 1 atom stereocenters. The third-order valence-electron chi connectivity index (χ3n) is 5.59. The molecule has 0 aliphatic carbocycles. The van der Waals surface area contributed by atoms with Gasteiger partial charge in [0.05, 0.1) is 18.9 Å². The third kappa shape index (κ3) is 4.97. The van der Waals surface area contributed by atoms with E-state index >= 15 is 0 Å². The van der Waals surface area contributed by atoms with Gasteiger partial charge < -0.3 is 14.3 Å². The Morgan fingerprint density at radius 3 is 2.62 bits per heavy atom. The van der Waals surface area contributed by atoms with Gasteiger partial charge in [-0.2, -0.15) is 0 Å². The summed E-state index contributed by atoms with van der Waals surface area (Å²) in [5.41, 5.74) is 1.11. The molecule has 1 amide bonds. The van der Waals surface area contributed by atoms with Gasteiger partial charge in [-0.1, -0.05) is 52.4 Å². The van der Waals surface area contributed by atoms with Gasteiger partial charge in [0.15, 0.2) is 4.34 Å². The van der Waals surface area contributed by atoms with Crippen LogP contribution in [0.2, 0.25) is 10.0 Å². The first-order valence-electron chi connectivity index (χ1n) is 10.8. The number of benzene rings is 2. The minimum absolute atomic E-state index is 0.109. The Morgan fingerprint density at radius 2 is 1.95 bits per heavy atom. The summed E-state index contributed by atoms with van der Waals surface area (Å²) in [7, 11) is 1.52. The smallest absolute Gasteiger partial charge is 0.302 e. The molecule has 0 spiro atoms. The molecule has 1 fully saturated rings. The number of aliphatic hydroxyl groups excluding tert-OH is 1. The van der Waals surface area contributed by atoms with Crippen LogP contribution in [0.5, 0.6) is 5.75 Å². The van der Waals surface area contributed by atoms with Crippen LogP contribution in [0, 0.1) is 0 Å². The van der Waals surface area contributed by atoms with Crippen molar-refractivity contribution in [3.05, 3.63) is 93.4 Å². The van der Waals surface area contributed by atoms with Crippen molar-refractivity contribution in [1.29, 1.82) is 0 Å². The summed E-state index contributed by atoms with van der Waals surface area (Å²) in [4.78, 5) is 27.6. The lowest BCUT2D eigenvalue weighted by Crippen LogP contribution is -2.29. The topological polar surface area (TPSA) is 106 Å². The molecule has 0 saturated carbocycles. The van der Waals surface area contributed by atoms with Gasteiger partial charge in [0, 0.05) is 21.4 Å². The number of ketones is 1. The molecular weight excluding hydrogens is 557 g/mol. The Bertz CT molecular complexity index is 1500. The number of carbonyl (C=O) groups is 2. The Morgan fingerprint density at radius 1 is 1.16 bits per heavy atom. The summed E-state index contributed by atoms with van der Waals surface area (Å²) < 4.78 is 11.3. The molecule has 12 heteroatoms. The van der Waals surface area contributed by atoms with Crippen LogP contribution in [-0.4, -0.2) is 34.1 Å². The molecule has 2 aromatic heterocycles. The number of furan rings is 1. The lowest BCUT2D eigenvalue weighted by molar-refractivity contribution is -0.132. The predicted molar refractivity (Wildman–Crippen MR) is 142 cm³/mol. The highest BCUT2D eigenvalue weighted by Gasteiger charge is 2.49. The summed E-state index contributed by atoms with van der Waals surface area (Å²) in [6.07, 6.45) is 1.43. The van der Waals surface area contributed by atoms with Crippen LogP contribution in [-0.2, 0) is 15.3 Å². The molecule has 2 aromatic carbocycles. The lowest BCUT2D eigenvalue weighted by Gasteiger charge is -2.20. The van der Waals surface area contributed by atoms with Gasteiger partial charge >= 0.3 is 5.91 Å². The van der Waals surface area contributed by atoms with Crippen molar-refractivity contribution in [3.8, 4) is 5.75 Å². The summed E-state index contributed by atoms with van der Waals surface area (Å²) in [6, 6.07) is 14.0. The van der Waals surface area contributed by atoms with E-state index in [1.807, 2.05) is 6.07 Å². The highest BCUT2D eigenvalue weighted by atomic mass is 35.5. The Hall–Kier alpha value is -3.31. The first-order valence-corrected chi connectivity index (χ1v) is 13.3. The Labute approximate surface area is 229 Å². The molecule has 8 nitrogen and oxygen atoms in total. The van der Waals surface area contributed by atoms with Crippen molar-refractivity contribution in [3.63, 3.8) is 0 Å². The number of anilines is 1. The quantitative estimate of drug-likeness (QED) is 0.0893. The fraction of sp³-hybridized carbons (Fsp3) is 0.120. The van der Waals surface area contributed by atoms with Crippen LogP contribution < -0.4 is 9.64 Å². The van der Waals surface area contributed by atoms with E-state index in [0.29, 0.717) is 37.2 Å². The fourth-order valence-corrected chi connectivity index (χ4v) is 6.21. The van der Waals surface area contributed by atoms with E-state index in [1.54, 1.807) is 48.5 Å². The van der Waals surface area contributed by atoms with Crippen LogP contribution in [0.3, 0.4) is 0 Å². The number of hydrogen-bond donors (Lipinski definition) is 1. The highest BCUT2D eigenvalue weighted by molar-refractivity contribution is 8.00. The zero-order valence-electron chi connectivity index (χ0n) is 19.1. The summed E-state index contributed by atoms with van der Waals surface area (Å²) in [5, 5.41) is 20.7. The number of Topliss-reactive ketones (excluding diaryl/α,β-unsaturated/α-hetero) is 1. The van der Waals surface area contributed by atoms with E-state index in [-0.39, 0.29) is 16.5 Å². The second-order valence-electron chi connectivity index (χ2n) is 7.79. The lowest BCUT2D eigenvalue weighted by atomic mass is 9.99. The summed E-state index contributed by atoms with van der Waals surface area (Å²) in [6.45, 7) is 0. The average Bonchev–Trinajstić information content (AvgIpc) is 3.64. The molecule has 37 heavy (non-hydrogen) atoms. The van der Waals surface area contributed by atoms with Crippen LogP contribution in [0.25, 0.3) is 5.76 Å². The molecule has 0 radical (unpaired) electrons. The Kier molecular flexibility index (Phi) is 7.25. The van der Waals surface area contributed by atoms with Crippen LogP contribution in [0.1, 0.15) is 22.9 Å². The number of hydrogen-bond acceptors (Lipinski definition) is 9. The molecule has 1 saturated heterocycles. The van der Waals surface area contributed by atoms with Gasteiger partial charge in [0.25, 0.3) is 5.78 Å². The van der Waals surface area contributed by atoms with Gasteiger partial charge in [-0.25, -0.2) is 0 Å². The van der Waals surface area contributed by atoms with E-state index < -0.39 is 17.7 Å². The minimum atomic E-state index is -1.02. The van der Waals surface area contributed by atoms with Gasteiger partial charge in [-0.05, 0) is 54.1 Å². The molecule has 188 valence electrons. The first-order chi connectivity index (χ1) is 17.9. The number of rotatable bonds is 7.